The van der Waals surface area contributed by atoms with Crippen LogP contribution < -0.4 is 0 Å². The van der Waals surface area contributed by atoms with Gasteiger partial charge in [0.1, 0.15) is 5.82 Å². The molecule has 6 rings (SSSR count). The van der Waals surface area contributed by atoms with Crippen LogP contribution in [0.2, 0.25) is 0 Å². The van der Waals surface area contributed by atoms with Crippen molar-refractivity contribution in [3.8, 4) is 45.4 Å². The first-order valence-electron chi connectivity index (χ1n) is 16.4. The largest absolute Gasteiger partial charge is 0.512 e. The van der Waals surface area contributed by atoms with Gasteiger partial charge in [-0.05, 0) is 58.3 Å². The van der Waals surface area contributed by atoms with E-state index in [-0.39, 0.29) is 42.5 Å². The Balaban J connectivity index is 0.000000638. The Hall–Kier alpha value is -4.84. The fourth-order valence-corrected chi connectivity index (χ4v) is 5.37. The Labute approximate surface area is 309 Å². The zero-order valence-electron chi connectivity index (χ0n) is 29.9. The quantitative estimate of drug-likeness (QED) is 0.106. The van der Waals surface area contributed by atoms with Crippen molar-refractivity contribution < 1.29 is 30.0 Å². The van der Waals surface area contributed by atoms with Crippen LogP contribution in [0.15, 0.2) is 115 Å². The number of hydrogen-bond donors (Lipinski definition) is 1. The van der Waals surface area contributed by atoms with E-state index in [4.69, 9.17) is 25.0 Å². The molecule has 0 amide bonds. The number of aliphatic hydroxyl groups excluding tert-OH is 1. The van der Waals surface area contributed by atoms with Crippen molar-refractivity contribution in [2.45, 2.75) is 66.2 Å². The van der Waals surface area contributed by atoms with Crippen LogP contribution in [0.1, 0.15) is 66.5 Å². The third-order valence-electron chi connectivity index (χ3n) is 8.05. The van der Waals surface area contributed by atoms with Crippen molar-refractivity contribution in [1.29, 1.82) is 0 Å². The van der Waals surface area contributed by atoms with Gasteiger partial charge in [0.25, 0.3) is 0 Å². The van der Waals surface area contributed by atoms with Gasteiger partial charge in [-0.3, -0.25) is 4.79 Å². The molecular weight excluding hydrogens is 797 g/mol. The minimum absolute atomic E-state index is 0. The summed E-state index contributed by atoms with van der Waals surface area (Å²) in [5.74, 6) is 1.85. The summed E-state index contributed by atoms with van der Waals surface area (Å²) < 4.78 is 0. The van der Waals surface area contributed by atoms with Gasteiger partial charge in [0.05, 0.1) is 5.76 Å². The molecule has 0 aliphatic heterocycles. The maximum atomic E-state index is 10.0. The zero-order valence-corrected chi connectivity index (χ0v) is 32.3. The first-order chi connectivity index (χ1) is 23.2. The molecular formula is C43H43IrN4O2-. The van der Waals surface area contributed by atoms with E-state index >= 15 is 0 Å². The molecule has 0 spiro atoms. The third kappa shape index (κ3) is 9.44. The minimum Gasteiger partial charge on any atom is -0.512 e. The normalized spacial score (nSPS) is 11.7. The summed E-state index contributed by atoms with van der Waals surface area (Å²) in [6.07, 6.45) is 3.01. The number of aromatic nitrogens is 4. The van der Waals surface area contributed by atoms with E-state index in [2.05, 4.69) is 114 Å². The number of rotatable bonds is 5. The summed E-state index contributed by atoms with van der Waals surface area (Å²) in [5, 5.41) is 10.6. The monoisotopic (exact) mass is 840 g/mol. The van der Waals surface area contributed by atoms with Gasteiger partial charge < -0.3 is 10.1 Å². The van der Waals surface area contributed by atoms with E-state index < -0.39 is 0 Å². The van der Waals surface area contributed by atoms with Gasteiger partial charge in [0.2, 0.25) is 0 Å². The van der Waals surface area contributed by atoms with Crippen molar-refractivity contribution in [2.24, 2.45) is 0 Å². The van der Waals surface area contributed by atoms with E-state index in [0.29, 0.717) is 17.5 Å². The third-order valence-corrected chi connectivity index (χ3v) is 8.05. The molecule has 0 aliphatic rings. The average molecular weight is 840 g/mol. The van der Waals surface area contributed by atoms with Crippen molar-refractivity contribution in [3.63, 3.8) is 0 Å². The van der Waals surface area contributed by atoms with Crippen molar-refractivity contribution >= 4 is 16.6 Å². The van der Waals surface area contributed by atoms with Crippen LogP contribution in [-0.2, 0) is 35.7 Å². The van der Waals surface area contributed by atoms with Gasteiger partial charge in [-0.25, -0.2) is 15.0 Å². The molecule has 1 N–H and O–H groups in total. The predicted octanol–water partition coefficient (Wildman–Crippen LogP) is 10.5. The van der Waals surface area contributed by atoms with E-state index in [1.165, 1.54) is 31.1 Å². The Kier molecular flexibility index (Phi) is 12.0. The van der Waals surface area contributed by atoms with Crippen LogP contribution in [0.5, 0.6) is 0 Å². The maximum Gasteiger partial charge on any atom is 0.164 e. The SMILES string of the molecule is CC(=O)C=C(C)O.CC(C)(C)c1ccc(-c2nc(-c3ccc(C(C)(C)C)cc3)nc(-c3cc[c-]c(-c4nccc5ccccc45)c3)n2)cc1.[Ir]. The number of pyridine rings is 1. The van der Waals surface area contributed by atoms with Crippen LogP contribution in [0, 0.1) is 6.07 Å². The van der Waals surface area contributed by atoms with Crippen LogP contribution in [0.25, 0.3) is 56.2 Å². The molecule has 4 aromatic carbocycles. The number of carbonyl (C=O) groups excluding carboxylic acids is 1. The first kappa shape index (κ1) is 38.0. The zero-order chi connectivity index (χ0) is 35.3. The van der Waals surface area contributed by atoms with Crippen LogP contribution in [0.4, 0.5) is 0 Å². The fraction of sp³-hybridized carbons (Fsp3) is 0.233. The fourth-order valence-electron chi connectivity index (χ4n) is 5.37. The van der Waals surface area contributed by atoms with Crippen molar-refractivity contribution in [2.75, 3.05) is 0 Å². The molecule has 0 saturated carbocycles. The molecule has 6 aromatic rings. The molecule has 2 heterocycles. The molecule has 0 aliphatic carbocycles. The van der Waals surface area contributed by atoms with Gasteiger partial charge in [-0.2, -0.15) is 0 Å². The van der Waals surface area contributed by atoms with E-state index in [1.54, 1.807) is 0 Å². The van der Waals surface area contributed by atoms with E-state index in [0.717, 1.165) is 38.7 Å². The number of benzene rings is 4. The molecule has 0 bridgehead atoms. The van der Waals surface area contributed by atoms with Gasteiger partial charge in [-0.15, -0.1) is 29.8 Å². The van der Waals surface area contributed by atoms with Crippen LogP contribution >= 0.6 is 0 Å². The molecule has 50 heavy (non-hydrogen) atoms. The van der Waals surface area contributed by atoms with Crippen molar-refractivity contribution in [3.05, 3.63) is 132 Å². The number of fused-ring (bicyclic) bond motifs is 1. The number of nitrogens with zero attached hydrogens (tertiary/aromatic N) is 4. The number of hydrogen-bond acceptors (Lipinski definition) is 6. The van der Waals surface area contributed by atoms with Gasteiger partial charge in [0, 0.05) is 43.5 Å². The van der Waals surface area contributed by atoms with Crippen molar-refractivity contribution in [1.82, 2.24) is 19.9 Å². The summed E-state index contributed by atoms with van der Waals surface area (Å²) in [6.45, 7) is 16.2. The Morgan fingerprint density at radius 3 is 1.64 bits per heavy atom. The number of carbonyl (C=O) groups is 1. The molecule has 7 heteroatoms. The Bertz CT molecular complexity index is 2040. The van der Waals surface area contributed by atoms with Crippen LogP contribution in [-0.4, -0.2) is 30.8 Å². The second-order valence-corrected chi connectivity index (χ2v) is 14.2. The van der Waals surface area contributed by atoms with E-state index in [9.17, 15) is 4.79 Å². The Morgan fingerprint density at radius 1 is 0.680 bits per heavy atom. The molecule has 0 atom stereocenters. The standard InChI is InChI=1S/C38H35N4.C5H8O2.Ir/c1-37(2,3)30-18-14-26(15-19-30)34-40-35(27-16-20-31(21-17-27)38(4,5)6)42-36(41-34)29-12-9-11-28(24-29)33-32-13-8-7-10-25(32)22-23-39-33;1-4(6)3-5(2)7;/h7-10,12-24H,1-6H3;3,6H,1-2H3;/q-1;;. The molecule has 257 valence electrons. The van der Waals surface area contributed by atoms with Crippen LogP contribution in [0.3, 0.4) is 0 Å². The summed E-state index contributed by atoms with van der Waals surface area (Å²) in [7, 11) is 0. The first-order valence-corrected chi connectivity index (χ1v) is 16.4. The number of allylic oxidation sites excluding steroid dienone is 2. The number of ketones is 1. The molecule has 1 radical (unpaired) electrons. The molecule has 0 fully saturated rings. The predicted molar refractivity (Wildman–Crippen MR) is 200 cm³/mol. The number of aliphatic hydroxyl groups is 1. The molecule has 6 nitrogen and oxygen atoms in total. The smallest absolute Gasteiger partial charge is 0.164 e. The maximum absolute atomic E-state index is 10.0. The van der Waals surface area contributed by atoms with Gasteiger partial charge in [0.15, 0.2) is 17.4 Å². The summed E-state index contributed by atoms with van der Waals surface area (Å²) >= 11 is 0. The topological polar surface area (TPSA) is 88.9 Å². The van der Waals surface area contributed by atoms with Gasteiger partial charge >= 0.3 is 0 Å². The Morgan fingerprint density at radius 2 is 1.18 bits per heavy atom. The molecule has 2 aromatic heterocycles. The average Bonchev–Trinajstić information content (AvgIpc) is 3.07. The summed E-state index contributed by atoms with van der Waals surface area (Å²) in [5.41, 5.74) is 7.26. The molecule has 0 unspecified atom stereocenters. The second kappa shape index (κ2) is 15.8. The minimum atomic E-state index is -0.125. The second-order valence-electron chi connectivity index (χ2n) is 14.2. The summed E-state index contributed by atoms with van der Waals surface area (Å²) in [4.78, 5) is 29.7. The summed E-state index contributed by atoms with van der Waals surface area (Å²) in [6, 6.07) is 36.8. The molecule has 0 saturated heterocycles. The van der Waals surface area contributed by atoms with Gasteiger partial charge in [-0.1, -0.05) is 120 Å². The van der Waals surface area contributed by atoms with E-state index in [1.807, 2.05) is 36.5 Å².